The van der Waals surface area contributed by atoms with Crippen molar-refractivity contribution in [2.45, 2.75) is 51.1 Å². The summed E-state index contributed by atoms with van der Waals surface area (Å²) in [5, 5.41) is 20.6. The molecule has 0 spiro atoms. The number of halogens is 1. The molecule has 1 saturated heterocycles. The van der Waals surface area contributed by atoms with Crippen LogP contribution in [0, 0.1) is 0 Å². The fourth-order valence-corrected chi connectivity index (χ4v) is 5.59. The van der Waals surface area contributed by atoms with Crippen molar-refractivity contribution in [3.63, 3.8) is 0 Å². The molecule has 2 aromatic carbocycles. The summed E-state index contributed by atoms with van der Waals surface area (Å²) in [7, 11) is 0. The molecule has 1 aliphatic rings. The molecule has 1 aliphatic heterocycles. The summed E-state index contributed by atoms with van der Waals surface area (Å²) in [4.78, 5) is 50.0. The number of nitrogens with zero attached hydrogens (tertiary/aromatic N) is 1. The molecule has 0 aromatic heterocycles. The topological polar surface area (TPSA) is 109 Å². The van der Waals surface area contributed by atoms with E-state index in [0.29, 0.717) is 17.5 Å². The molecule has 0 bridgehead atoms. The molecule has 1 heterocycles. The van der Waals surface area contributed by atoms with Gasteiger partial charge in [-0.05, 0) is 31.9 Å². The lowest BCUT2D eigenvalue weighted by molar-refractivity contribution is -0.929. The number of carboxylic acids is 1. The third kappa shape index (κ3) is 4.20. The number of benzene rings is 2. The van der Waals surface area contributed by atoms with E-state index in [9.17, 15) is 29.4 Å². The number of alkyl halides is 1. The second-order valence-corrected chi connectivity index (χ2v) is 10.3. The minimum atomic E-state index is -1.74. The van der Waals surface area contributed by atoms with Gasteiger partial charge in [0.25, 0.3) is 0 Å². The number of amides is 1. The second kappa shape index (κ2) is 9.43. The number of quaternary nitrogens is 1. The van der Waals surface area contributed by atoms with Crippen LogP contribution < -0.4 is 0 Å². The third-order valence-corrected chi connectivity index (χ3v) is 7.52. The summed E-state index contributed by atoms with van der Waals surface area (Å²) in [6.07, 6.45) is -1.09. The van der Waals surface area contributed by atoms with Crippen molar-refractivity contribution in [3.05, 3.63) is 59.7 Å². The number of likely N-dealkylation sites (tertiary alicyclic amines) is 1. The molecule has 2 N–H and O–H groups in total. The number of ketones is 2. The molecular formula is C26H29BrNO6+. The molecule has 34 heavy (non-hydrogen) atoms. The van der Waals surface area contributed by atoms with E-state index in [0.717, 1.165) is 11.1 Å². The van der Waals surface area contributed by atoms with Gasteiger partial charge in [-0.1, -0.05) is 64.5 Å². The van der Waals surface area contributed by atoms with Gasteiger partial charge in [-0.25, -0.2) is 9.28 Å². The maximum atomic E-state index is 13.2. The van der Waals surface area contributed by atoms with E-state index >= 15 is 0 Å². The Morgan fingerprint density at radius 3 is 1.74 bits per heavy atom. The van der Waals surface area contributed by atoms with Crippen LogP contribution in [0.15, 0.2) is 48.5 Å². The minimum absolute atomic E-state index is 0.0159. The molecule has 8 heteroatoms. The minimum Gasteiger partial charge on any atom is -0.477 e. The Hall–Kier alpha value is -2.84. The van der Waals surface area contributed by atoms with E-state index in [2.05, 4.69) is 15.9 Å². The average molecular weight is 531 g/mol. The maximum Gasteiger partial charge on any atom is 0.514 e. The van der Waals surface area contributed by atoms with Gasteiger partial charge in [0.1, 0.15) is 5.54 Å². The highest BCUT2D eigenvalue weighted by Crippen LogP contribution is 2.47. The van der Waals surface area contributed by atoms with Crippen molar-refractivity contribution < 1.29 is 33.9 Å². The van der Waals surface area contributed by atoms with Crippen LogP contribution in [0.3, 0.4) is 0 Å². The first-order chi connectivity index (χ1) is 15.9. The number of carbonyl (C=O) groups is 4. The fraction of sp³-hybridized carbons (Fsp3) is 0.385. The molecular weight excluding hydrogens is 502 g/mol. The highest BCUT2D eigenvalue weighted by Gasteiger charge is 2.70. The Morgan fingerprint density at radius 1 is 0.882 bits per heavy atom. The number of hydrogen-bond donors (Lipinski definition) is 2. The summed E-state index contributed by atoms with van der Waals surface area (Å²) in [6.45, 7) is 5.28. The fourth-order valence-electron chi connectivity index (χ4n) is 5.27. The molecule has 180 valence electrons. The van der Waals surface area contributed by atoms with E-state index in [1.807, 2.05) is 12.1 Å². The molecule has 2 atom stereocenters. The van der Waals surface area contributed by atoms with Gasteiger partial charge in [-0.2, -0.15) is 4.79 Å². The lowest BCUT2D eigenvalue weighted by atomic mass is 9.82. The van der Waals surface area contributed by atoms with Crippen LogP contribution in [-0.4, -0.2) is 61.3 Å². The molecule has 1 unspecified atom stereocenters. The Balaban J connectivity index is 1.90. The van der Waals surface area contributed by atoms with Crippen LogP contribution in [0.1, 0.15) is 60.7 Å². The Kier molecular flexibility index (Phi) is 7.15. The van der Waals surface area contributed by atoms with Crippen LogP contribution in [0.5, 0.6) is 0 Å². The normalized spacial score (nSPS) is 22.4. The summed E-state index contributed by atoms with van der Waals surface area (Å²) in [6, 6.07) is 13.9. The first-order valence-corrected chi connectivity index (χ1v) is 12.2. The van der Waals surface area contributed by atoms with E-state index in [-0.39, 0.29) is 24.1 Å². The van der Waals surface area contributed by atoms with Crippen molar-refractivity contribution in [1.29, 1.82) is 0 Å². The van der Waals surface area contributed by atoms with Crippen molar-refractivity contribution >= 4 is 39.6 Å². The SMILES string of the molecule is CC(C)(C)[N+]1(C(=O)O)CCC[C@]1(CC(=O)c1ccc(-c2ccc(C(=O)CBr)cc2)cc1)C(=O)O. The van der Waals surface area contributed by atoms with Crippen LogP contribution in [0.25, 0.3) is 11.1 Å². The number of rotatable bonds is 7. The van der Waals surface area contributed by atoms with Crippen molar-refractivity contribution in [1.82, 2.24) is 0 Å². The summed E-state index contributed by atoms with van der Waals surface area (Å²) in [5.41, 5.74) is -0.00224. The zero-order valence-electron chi connectivity index (χ0n) is 19.5. The molecule has 3 rings (SSSR count). The quantitative estimate of drug-likeness (QED) is 0.281. The zero-order valence-corrected chi connectivity index (χ0v) is 21.1. The van der Waals surface area contributed by atoms with Crippen LogP contribution in [-0.2, 0) is 4.79 Å². The van der Waals surface area contributed by atoms with Crippen molar-refractivity contribution in [2.24, 2.45) is 0 Å². The zero-order chi connectivity index (χ0) is 25.3. The largest absolute Gasteiger partial charge is 0.514 e. The van der Waals surface area contributed by atoms with Gasteiger partial charge in [-0.3, -0.25) is 9.59 Å². The molecule has 7 nitrogen and oxygen atoms in total. The molecule has 0 saturated carbocycles. The van der Waals surface area contributed by atoms with E-state index in [1.165, 1.54) is 0 Å². The molecule has 2 aromatic rings. The molecule has 1 amide bonds. The summed E-state index contributed by atoms with van der Waals surface area (Å²) in [5.74, 6) is -1.68. The number of carboxylic acid groups (broad SMARTS) is 2. The van der Waals surface area contributed by atoms with E-state index < -0.39 is 39.8 Å². The van der Waals surface area contributed by atoms with Gasteiger partial charge in [0.05, 0.1) is 18.3 Å². The summed E-state index contributed by atoms with van der Waals surface area (Å²) >= 11 is 3.15. The molecule has 0 aliphatic carbocycles. The lowest BCUT2D eigenvalue weighted by Gasteiger charge is -2.49. The van der Waals surface area contributed by atoms with E-state index in [1.54, 1.807) is 57.2 Å². The highest BCUT2D eigenvalue weighted by atomic mass is 79.9. The van der Waals surface area contributed by atoms with Gasteiger partial charge in [0.2, 0.25) is 5.54 Å². The van der Waals surface area contributed by atoms with Gasteiger partial charge >= 0.3 is 12.1 Å². The monoisotopic (exact) mass is 530 g/mol. The first kappa shape index (κ1) is 25.8. The molecule has 1 fully saturated rings. The van der Waals surface area contributed by atoms with Gasteiger partial charge in [0.15, 0.2) is 11.6 Å². The second-order valence-electron chi connectivity index (χ2n) is 9.74. The smallest absolute Gasteiger partial charge is 0.477 e. The first-order valence-electron chi connectivity index (χ1n) is 11.1. The predicted octanol–water partition coefficient (Wildman–Crippen LogP) is 5.41. The standard InChI is InChI=1S/C26H28BrNO6/c1-25(2,3)28(24(33)34)14-4-13-26(28,23(31)32)15-21(29)19-9-5-17(6-10-19)18-7-11-20(12-8-18)22(30)16-27/h5-12H,4,13-16H2,1-3H3,(H-,31,32,33,34)/p+1/t26-,28?/m0/s1. The third-order valence-electron chi connectivity index (χ3n) is 7.01. The van der Waals surface area contributed by atoms with Crippen molar-refractivity contribution in [3.8, 4) is 11.1 Å². The van der Waals surface area contributed by atoms with Gasteiger partial charge in [-0.15, -0.1) is 0 Å². The Bertz CT molecular complexity index is 1120. The maximum absolute atomic E-state index is 13.2. The van der Waals surface area contributed by atoms with E-state index in [4.69, 9.17) is 0 Å². The number of aliphatic carboxylic acids is 1. The predicted molar refractivity (Wildman–Crippen MR) is 131 cm³/mol. The van der Waals surface area contributed by atoms with Crippen LogP contribution >= 0.6 is 15.9 Å². The lowest BCUT2D eigenvalue weighted by Crippen LogP contribution is -2.74. The summed E-state index contributed by atoms with van der Waals surface area (Å²) < 4.78 is -0.682. The average Bonchev–Trinajstić information content (AvgIpc) is 3.20. The number of hydrogen-bond acceptors (Lipinski definition) is 4. The van der Waals surface area contributed by atoms with Crippen LogP contribution in [0.4, 0.5) is 4.79 Å². The highest BCUT2D eigenvalue weighted by molar-refractivity contribution is 9.09. The van der Waals surface area contributed by atoms with Gasteiger partial charge < -0.3 is 10.2 Å². The Labute approximate surface area is 207 Å². The van der Waals surface area contributed by atoms with Crippen molar-refractivity contribution in [2.75, 3.05) is 11.9 Å². The molecule has 0 radical (unpaired) electrons. The van der Waals surface area contributed by atoms with Crippen LogP contribution in [0.2, 0.25) is 0 Å². The number of Topliss-reactive ketones (excluding diaryl/α,β-unsaturated/α-hetero) is 2. The number of carbonyl (C=O) groups excluding carboxylic acids is 2. The van der Waals surface area contributed by atoms with Gasteiger partial charge in [0, 0.05) is 24.0 Å². The Morgan fingerprint density at radius 2 is 1.35 bits per heavy atom.